The smallest absolute Gasteiger partial charge is 0.267 e. The molecule has 0 rings (SSSR count). The molecule has 0 aliphatic carbocycles. The predicted molar refractivity (Wildman–Crippen MR) is 71.8 cm³/mol. The third kappa shape index (κ3) is 13.3. The molecule has 0 spiro atoms. The van der Waals surface area contributed by atoms with Gasteiger partial charge in [0.15, 0.2) is 0 Å². The van der Waals surface area contributed by atoms with Gasteiger partial charge in [-0.2, -0.15) is 0 Å². The third-order valence-electron chi connectivity index (χ3n) is 0.954. The Morgan fingerprint density at radius 3 is 1.50 bits per heavy atom. The second kappa shape index (κ2) is 10.8. The van der Waals surface area contributed by atoms with Crippen LogP contribution in [0.1, 0.15) is 12.8 Å². The zero-order chi connectivity index (χ0) is 10.8. The van der Waals surface area contributed by atoms with Gasteiger partial charge in [-0.05, 0) is 57.6 Å². The van der Waals surface area contributed by atoms with E-state index in [2.05, 4.69) is 0 Å². The molecular formula is C6H8Cl2O2S4. The van der Waals surface area contributed by atoms with Gasteiger partial charge in [-0.1, -0.05) is 21.6 Å². The fourth-order valence-corrected chi connectivity index (χ4v) is 4.06. The molecule has 0 amide bonds. The fourth-order valence-electron chi connectivity index (χ4n) is 0.498. The first-order chi connectivity index (χ1) is 6.63. The highest BCUT2D eigenvalue weighted by Crippen LogP contribution is 2.28. The lowest BCUT2D eigenvalue weighted by molar-refractivity contribution is 0.275. The number of unbranched alkanes of at least 4 members (excludes halogenated alkanes) is 1. The van der Waals surface area contributed by atoms with Gasteiger partial charge in [0.05, 0.1) is 0 Å². The minimum atomic E-state index is -0.382. The van der Waals surface area contributed by atoms with E-state index in [4.69, 9.17) is 23.2 Å². The van der Waals surface area contributed by atoms with Crippen LogP contribution in [0.3, 0.4) is 0 Å². The van der Waals surface area contributed by atoms with E-state index < -0.39 is 0 Å². The van der Waals surface area contributed by atoms with E-state index in [-0.39, 0.29) is 9.15 Å². The normalized spacial score (nSPS) is 10.1. The molecule has 0 N–H and O–H groups in total. The SMILES string of the molecule is O=C(Cl)SSCCCCSSC(=O)Cl. The lowest BCUT2D eigenvalue weighted by Crippen LogP contribution is -1.82. The van der Waals surface area contributed by atoms with Gasteiger partial charge < -0.3 is 0 Å². The van der Waals surface area contributed by atoms with Crippen LogP contribution in [0.15, 0.2) is 0 Å². The summed E-state index contributed by atoms with van der Waals surface area (Å²) >= 11 is 10.2. The van der Waals surface area contributed by atoms with Crippen LogP contribution in [0.25, 0.3) is 0 Å². The molecule has 0 aromatic heterocycles. The zero-order valence-electron chi connectivity index (χ0n) is 7.03. The van der Waals surface area contributed by atoms with E-state index in [1.54, 1.807) is 0 Å². The summed E-state index contributed by atoms with van der Waals surface area (Å²) in [5.41, 5.74) is 0. The molecular weight excluding hydrogens is 303 g/mol. The monoisotopic (exact) mass is 310 g/mol. The summed E-state index contributed by atoms with van der Waals surface area (Å²) in [4.78, 5) is 20.6. The van der Waals surface area contributed by atoms with Crippen molar-refractivity contribution in [2.24, 2.45) is 0 Å². The van der Waals surface area contributed by atoms with Crippen molar-refractivity contribution >= 4 is 75.5 Å². The number of carbonyl (C=O) groups is 2. The van der Waals surface area contributed by atoms with E-state index in [0.29, 0.717) is 0 Å². The molecule has 0 fully saturated rings. The Morgan fingerprint density at radius 2 is 1.21 bits per heavy atom. The van der Waals surface area contributed by atoms with Crippen molar-refractivity contribution in [2.45, 2.75) is 12.8 Å². The van der Waals surface area contributed by atoms with Gasteiger partial charge in [0.2, 0.25) is 0 Å². The highest BCUT2D eigenvalue weighted by Gasteiger charge is 1.99. The maximum atomic E-state index is 10.3. The molecule has 0 heterocycles. The number of carbonyl (C=O) groups excluding carboxylic acids is 2. The van der Waals surface area contributed by atoms with Gasteiger partial charge in [0.1, 0.15) is 0 Å². The molecule has 0 saturated carbocycles. The molecule has 0 aliphatic rings. The van der Waals surface area contributed by atoms with Crippen molar-refractivity contribution in [2.75, 3.05) is 11.5 Å². The summed E-state index contributed by atoms with van der Waals surface area (Å²) in [6.45, 7) is 0. The highest BCUT2D eigenvalue weighted by atomic mass is 35.5. The molecule has 0 bridgehead atoms. The molecule has 2 nitrogen and oxygen atoms in total. The molecule has 0 atom stereocenters. The van der Waals surface area contributed by atoms with Crippen LogP contribution in [0.5, 0.6) is 0 Å². The Morgan fingerprint density at radius 1 is 0.857 bits per heavy atom. The standard InChI is InChI=1S/C6H8Cl2O2S4/c7-5(9)13-11-3-1-2-4-12-14-6(8)10/h1-4H2. The topological polar surface area (TPSA) is 34.1 Å². The van der Waals surface area contributed by atoms with Crippen molar-refractivity contribution in [3.8, 4) is 0 Å². The van der Waals surface area contributed by atoms with Crippen molar-refractivity contribution in [1.29, 1.82) is 0 Å². The summed E-state index contributed by atoms with van der Waals surface area (Å²) in [7, 11) is 5.02. The first-order valence-electron chi connectivity index (χ1n) is 3.61. The minimum Gasteiger partial charge on any atom is -0.267 e. The summed E-state index contributed by atoms with van der Waals surface area (Å²) < 4.78 is -0.764. The Labute approximate surface area is 109 Å². The van der Waals surface area contributed by atoms with Crippen LogP contribution in [0, 0.1) is 0 Å². The summed E-state index contributed by atoms with van der Waals surface area (Å²) in [5, 5.41) is 0. The van der Waals surface area contributed by atoms with Crippen molar-refractivity contribution in [3.05, 3.63) is 0 Å². The summed E-state index contributed by atoms with van der Waals surface area (Å²) in [6, 6.07) is 0. The second-order valence-electron chi connectivity index (χ2n) is 1.99. The number of halogens is 2. The van der Waals surface area contributed by atoms with Gasteiger partial charge in [0.25, 0.3) is 9.15 Å². The van der Waals surface area contributed by atoms with E-state index >= 15 is 0 Å². The maximum Gasteiger partial charge on any atom is 0.290 e. The molecule has 0 unspecified atom stereocenters. The third-order valence-corrected chi connectivity index (χ3v) is 5.99. The second-order valence-corrected chi connectivity index (χ2v) is 7.90. The lowest BCUT2D eigenvalue weighted by atomic mass is 10.4. The number of hydrogen-bond acceptors (Lipinski definition) is 6. The van der Waals surface area contributed by atoms with Crippen LogP contribution in [-0.4, -0.2) is 20.7 Å². The van der Waals surface area contributed by atoms with E-state index in [1.807, 2.05) is 0 Å². The largest absolute Gasteiger partial charge is 0.290 e. The average Bonchev–Trinajstić information content (AvgIpc) is 2.08. The molecule has 0 saturated heterocycles. The summed E-state index contributed by atoms with van der Waals surface area (Å²) in [5.74, 6) is 1.78. The first-order valence-corrected chi connectivity index (χ1v) is 9.00. The lowest BCUT2D eigenvalue weighted by Gasteiger charge is -1.97. The molecule has 0 aliphatic heterocycles. The molecule has 14 heavy (non-hydrogen) atoms. The Bertz CT molecular complexity index is 171. The van der Waals surface area contributed by atoms with E-state index in [9.17, 15) is 9.59 Å². The van der Waals surface area contributed by atoms with Gasteiger partial charge in [-0.3, -0.25) is 9.59 Å². The minimum absolute atomic E-state index is 0.382. The van der Waals surface area contributed by atoms with Gasteiger partial charge >= 0.3 is 0 Å². The van der Waals surface area contributed by atoms with Gasteiger partial charge in [-0.15, -0.1) is 0 Å². The van der Waals surface area contributed by atoms with E-state index in [1.165, 1.54) is 21.6 Å². The van der Waals surface area contributed by atoms with Crippen LogP contribution >= 0.6 is 66.4 Å². The number of hydrogen-bond donors (Lipinski definition) is 0. The Hall–Kier alpha value is 1.32. The van der Waals surface area contributed by atoms with Gasteiger partial charge in [0, 0.05) is 11.5 Å². The van der Waals surface area contributed by atoms with Crippen LogP contribution in [0.4, 0.5) is 9.59 Å². The molecule has 0 aromatic rings. The Balaban J connectivity index is 2.99. The average molecular weight is 311 g/mol. The predicted octanol–water partition coefficient (Wildman–Crippen LogP) is 5.25. The number of rotatable bonds is 7. The highest BCUT2D eigenvalue weighted by molar-refractivity contribution is 8.83. The summed E-state index contributed by atoms with van der Waals surface area (Å²) in [6.07, 6.45) is 2.01. The molecule has 8 heteroatoms. The van der Waals surface area contributed by atoms with Crippen LogP contribution in [-0.2, 0) is 0 Å². The molecule has 0 radical (unpaired) electrons. The van der Waals surface area contributed by atoms with E-state index in [0.717, 1.165) is 45.9 Å². The van der Waals surface area contributed by atoms with Gasteiger partial charge in [-0.25, -0.2) is 0 Å². The zero-order valence-corrected chi connectivity index (χ0v) is 11.8. The van der Waals surface area contributed by atoms with Crippen LogP contribution < -0.4 is 0 Å². The fraction of sp³-hybridized carbons (Fsp3) is 0.667. The first kappa shape index (κ1) is 15.3. The van der Waals surface area contributed by atoms with Crippen molar-refractivity contribution in [3.63, 3.8) is 0 Å². The quantitative estimate of drug-likeness (QED) is 0.363. The van der Waals surface area contributed by atoms with Crippen LogP contribution in [0.2, 0.25) is 0 Å². The molecule has 0 aromatic carbocycles. The van der Waals surface area contributed by atoms with Crippen molar-refractivity contribution < 1.29 is 9.59 Å². The Kier molecular flexibility index (Phi) is 11.8. The molecule has 82 valence electrons. The maximum absolute atomic E-state index is 10.3. The van der Waals surface area contributed by atoms with Crippen molar-refractivity contribution in [1.82, 2.24) is 0 Å².